The van der Waals surface area contributed by atoms with Crippen molar-refractivity contribution in [2.75, 3.05) is 19.8 Å². The fraction of sp³-hybridized carbons (Fsp3) is 0.889. The first-order chi connectivity index (χ1) is 11.8. The maximum absolute atomic E-state index is 5.68. The fourth-order valence-corrected chi connectivity index (χ4v) is 4.83. The van der Waals surface area contributed by atoms with Gasteiger partial charge in [-0.25, -0.2) is 0 Å². The first-order valence-electron chi connectivity index (χ1n) is 9.67. The molecule has 0 spiro atoms. The van der Waals surface area contributed by atoms with Crippen molar-refractivity contribution >= 4 is 0 Å². The summed E-state index contributed by atoms with van der Waals surface area (Å²) < 4.78 is 11.0. The smallest absolute Gasteiger partial charge is 0.229 e. The molecule has 1 aromatic rings. The van der Waals surface area contributed by atoms with Crippen molar-refractivity contribution in [3.63, 3.8) is 0 Å². The number of aromatic nitrogens is 2. The van der Waals surface area contributed by atoms with Gasteiger partial charge < -0.3 is 19.9 Å². The lowest BCUT2D eigenvalue weighted by Crippen LogP contribution is -2.52. The van der Waals surface area contributed by atoms with Crippen molar-refractivity contribution in [1.29, 1.82) is 0 Å². The van der Waals surface area contributed by atoms with Crippen LogP contribution in [0.4, 0.5) is 0 Å². The highest BCUT2D eigenvalue weighted by Gasteiger charge is 2.36. The Labute approximate surface area is 144 Å². The van der Waals surface area contributed by atoms with E-state index in [4.69, 9.17) is 9.26 Å². The molecule has 4 rings (SSSR count). The molecule has 2 saturated carbocycles. The van der Waals surface area contributed by atoms with Crippen molar-refractivity contribution in [1.82, 2.24) is 20.8 Å². The Morgan fingerprint density at radius 2 is 2.00 bits per heavy atom. The molecule has 1 aliphatic heterocycles. The van der Waals surface area contributed by atoms with Gasteiger partial charge in [0.15, 0.2) is 5.82 Å². The third-order valence-corrected chi connectivity index (χ3v) is 6.11. The topological polar surface area (TPSA) is 72.2 Å². The van der Waals surface area contributed by atoms with Crippen LogP contribution in [-0.2, 0) is 4.74 Å². The third kappa shape index (κ3) is 3.65. The number of hydrogen-bond donors (Lipinski definition) is 2. The van der Waals surface area contributed by atoms with Crippen molar-refractivity contribution in [3.05, 3.63) is 11.7 Å². The van der Waals surface area contributed by atoms with Crippen LogP contribution in [0.25, 0.3) is 0 Å². The summed E-state index contributed by atoms with van der Waals surface area (Å²) in [6, 6.07) is 1.83. The number of morpholine rings is 1. The second kappa shape index (κ2) is 7.50. The molecule has 0 aromatic carbocycles. The van der Waals surface area contributed by atoms with Crippen LogP contribution in [0.15, 0.2) is 4.52 Å². The Morgan fingerprint density at radius 1 is 1.12 bits per heavy atom. The fourth-order valence-electron chi connectivity index (χ4n) is 4.83. The Hall–Kier alpha value is -0.980. The number of aryl methyl sites for hydroxylation is 1. The lowest BCUT2D eigenvalue weighted by molar-refractivity contribution is 0.0511. The molecule has 3 aliphatic rings. The second-order valence-electron chi connectivity index (χ2n) is 7.73. The van der Waals surface area contributed by atoms with Crippen LogP contribution in [0.3, 0.4) is 0 Å². The van der Waals surface area contributed by atoms with Gasteiger partial charge in [-0.05, 0) is 51.4 Å². The quantitative estimate of drug-likeness (QED) is 0.879. The maximum atomic E-state index is 5.68. The van der Waals surface area contributed by atoms with Crippen LogP contribution in [0.1, 0.15) is 62.6 Å². The molecule has 0 radical (unpaired) electrons. The van der Waals surface area contributed by atoms with E-state index in [1.807, 2.05) is 6.92 Å². The summed E-state index contributed by atoms with van der Waals surface area (Å²) in [4.78, 5) is 4.42. The number of nitrogens with one attached hydrogen (secondary N) is 2. The van der Waals surface area contributed by atoms with Crippen molar-refractivity contribution in [2.24, 2.45) is 5.92 Å². The summed E-state index contributed by atoms with van der Waals surface area (Å²) >= 11 is 0. The van der Waals surface area contributed by atoms with E-state index in [9.17, 15) is 0 Å². The minimum Gasteiger partial charge on any atom is -0.379 e. The highest BCUT2D eigenvalue weighted by Crippen LogP contribution is 2.35. The summed E-state index contributed by atoms with van der Waals surface area (Å²) in [6.45, 7) is 4.64. The first-order valence-corrected chi connectivity index (χ1v) is 9.67. The standard InChI is InChI=1S/C18H30N4O2/c1-12-20-18(24-22-12)13-5-7-14(8-6-13)21-16-4-2-3-15(16)17-11-23-10-9-19-17/h13-17,19,21H,2-11H2,1H3. The van der Waals surface area contributed by atoms with E-state index in [0.717, 1.165) is 50.2 Å². The highest BCUT2D eigenvalue weighted by atomic mass is 16.5. The highest BCUT2D eigenvalue weighted by molar-refractivity contribution is 4.98. The Kier molecular flexibility index (Phi) is 5.15. The normalized spacial score (nSPS) is 37.6. The van der Waals surface area contributed by atoms with Crippen LogP contribution < -0.4 is 10.6 Å². The molecule has 134 valence electrons. The van der Waals surface area contributed by atoms with Gasteiger partial charge in [0.05, 0.1) is 13.2 Å². The molecule has 2 aliphatic carbocycles. The van der Waals surface area contributed by atoms with Gasteiger partial charge >= 0.3 is 0 Å². The molecule has 0 bridgehead atoms. The molecule has 3 atom stereocenters. The Balaban J connectivity index is 1.28. The van der Waals surface area contributed by atoms with E-state index in [1.54, 1.807) is 0 Å². The van der Waals surface area contributed by atoms with Crippen molar-refractivity contribution in [2.45, 2.75) is 75.9 Å². The molecular formula is C18H30N4O2. The zero-order valence-corrected chi connectivity index (χ0v) is 14.7. The van der Waals surface area contributed by atoms with Gasteiger partial charge in [-0.3, -0.25) is 0 Å². The van der Waals surface area contributed by atoms with E-state index in [2.05, 4.69) is 20.8 Å². The predicted octanol–water partition coefficient (Wildman–Crippen LogP) is 2.15. The van der Waals surface area contributed by atoms with Crippen LogP contribution in [-0.4, -0.2) is 48.0 Å². The summed E-state index contributed by atoms with van der Waals surface area (Å²) in [6.07, 6.45) is 8.72. The van der Waals surface area contributed by atoms with Gasteiger partial charge in [0.25, 0.3) is 0 Å². The monoisotopic (exact) mass is 334 g/mol. The van der Waals surface area contributed by atoms with Gasteiger partial charge in [-0.1, -0.05) is 11.6 Å². The lowest BCUT2D eigenvalue weighted by Gasteiger charge is -2.36. The minimum absolute atomic E-state index is 0.456. The number of hydrogen-bond acceptors (Lipinski definition) is 6. The summed E-state index contributed by atoms with van der Waals surface area (Å²) in [5.41, 5.74) is 0. The van der Waals surface area contributed by atoms with Crippen molar-refractivity contribution in [3.8, 4) is 0 Å². The van der Waals surface area contributed by atoms with Crippen LogP contribution in [0, 0.1) is 12.8 Å². The zero-order valence-electron chi connectivity index (χ0n) is 14.7. The first kappa shape index (κ1) is 16.5. The summed E-state index contributed by atoms with van der Waals surface area (Å²) in [5, 5.41) is 11.6. The van der Waals surface area contributed by atoms with Gasteiger partial charge in [-0.2, -0.15) is 4.98 Å². The van der Waals surface area contributed by atoms with E-state index < -0.39 is 0 Å². The lowest BCUT2D eigenvalue weighted by atomic mass is 9.84. The zero-order chi connectivity index (χ0) is 16.4. The number of rotatable bonds is 4. The molecule has 6 heteroatoms. The molecule has 1 aromatic heterocycles. The second-order valence-corrected chi connectivity index (χ2v) is 7.73. The van der Waals surface area contributed by atoms with Gasteiger partial charge in [0.2, 0.25) is 5.89 Å². The third-order valence-electron chi connectivity index (χ3n) is 6.11. The van der Waals surface area contributed by atoms with Crippen LogP contribution in [0.2, 0.25) is 0 Å². The van der Waals surface area contributed by atoms with Gasteiger partial charge in [0.1, 0.15) is 0 Å². The summed E-state index contributed by atoms with van der Waals surface area (Å²) in [5.74, 6) is 2.77. The molecule has 24 heavy (non-hydrogen) atoms. The van der Waals surface area contributed by atoms with Crippen LogP contribution >= 0.6 is 0 Å². The Bertz CT molecular complexity index is 521. The molecule has 1 saturated heterocycles. The average Bonchev–Trinajstić information content (AvgIpc) is 3.25. The molecule has 3 unspecified atom stereocenters. The molecule has 6 nitrogen and oxygen atoms in total. The largest absolute Gasteiger partial charge is 0.379 e. The molecule has 2 heterocycles. The van der Waals surface area contributed by atoms with Crippen molar-refractivity contribution < 1.29 is 9.26 Å². The van der Waals surface area contributed by atoms with E-state index in [1.165, 1.54) is 32.1 Å². The SMILES string of the molecule is Cc1noc(C2CCC(NC3CCCC3C3COCCN3)CC2)n1. The molecular weight excluding hydrogens is 304 g/mol. The van der Waals surface area contributed by atoms with E-state index in [-0.39, 0.29) is 0 Å². The van der Waals surface area contributed by atoms with Crippen LogP contribution in [0.5, 0.6) is 0 Å². The molecule has 0 amide bonds. The van der Waals surface area contributed by atoms with Gasteiger partial charge in [-0.15, -0.1) is 0 Å². The molecule has 2 N–H and O–H groups in total. The van der Waals surface area contributed by atoms with E-state index in [0.29, 0.717) is 24.0 Å². The number of nitrogens with zero attached hydrogens (tertiary/aromatic N) is 2. The van der Waals surface area contributed by atoms with E-state index >= 15 is 0 Å². The summed E-state index contributed by atoms with van der Waals surface area (Å²) in [7, 11) is 0. The number of ether oxygens (including phenoxy) is 1. The maximum Gasteiger partial charge on any atom is 0.229 e. The average molecular weight is 334 g/mol. The Morgan fingerprint density at radius 3 is 2.71 bits per heavy atom. The predicted molar refractivity (Wildman–Crippen MR) is 90.9 cm³/mol. The minimum atomic E-state index is 0.456. The molecule has 3 fully saturated rings. The van der Waals surface area contributed by atoms with Gasteiger partial charge in [0, 0.05) is 30.6 Å².